The molecule has 1 saturated heterocycles. The second kappa shape index (κ2) is 12.4. The van der Waals surface area contributed by atoms with Crippen LogP contribution in [0.2, 0.25) is 0 Å². The zero-order valence-electron chi connectivity index (χ0n) is 13.6. The second-order valence-electron chi connectivity index (χ2n) is 5.95. The molecule has 4 heteroatoms. The van der Waals surface area contributed by atoms with Crippen molar-refractivity contribution in [1.82, 2.24) is 0 Å². The number of halogens is 1. The quantitative estimate of drug-likeness (QED) is 0.519. The Morgan fingerprint density at radius 1 is 0.850 bits per heavy atom. The number of hydrogen-bond donors (Lipinski definition) is 0. The van der Waals surface area contributed by atoms with E-state index >= 15 is 0 Å². The number of unbranched alkanes of at least 4 members (excludes halogenated alkanes) is 3. The molecule has 1 unspecified atom stereocenters. The first-order valence-electron chi connectivity index (χ1n) is 8.35. The molecule has 20 heavy (non-hydrogen) atoms. The van der Waals surface area contributed by atoms with E-state index in [2.05, 4.69) is 20.8 Å². The zero-order valence-corrected chi connectivity index (χ0v) is 16.4. The number of ether oxygens (including phenoxy) is 2. The van der Waals surface area contributed by atoms with E-state index in [1.165, 1.54) is 57.8 Å². The van der Waals surface area contributed by atoms with Gasteiger partial charge in [0.15, 0.2) is 0 Å². The zero-order chi connectivity index (χ0) is 14.0. The Morgan fingerprint density at radius 3 is 1.60 bits per heavy atom. The average Bonchev–Trinajstić information content (AvgIpc) is 2.93. The Balaban J connectivity index is 0.00000361. The molecule has 0 aliphatic carbocycles. The lowest BCUT2D eigenvalue weighted by Gasteiger charge is -2.30. The van der Waals surface area contributed by atoms with Crippen molar-refractivity contribution >= 4 is 8.58 Å². The summed E-state index contributed by atoms with van der Waals surface area (Å²) in [4.78, 5) is 0. The summed E-state index contributed by atoms with van der Waals surface area (Å²) in [6.07, 6.45) is 12.2. The van der Waals surface area contributed by atoms with Crippen LogP contribution in [0.1, 0.15) is 78.6 Å². The van der Waals surface area contributed by atoms with Crippen molar-refractivity contribution in [1.29, 1.82) is 0 Å². The molecule has 0 N–H and O–H groups in total. The highest BCUT2D eigenvalue weighted by Gasteiger charge is 2.39. The molecular formula is C16H34BrO2P. The summed E-state index contributed by atoms with van der Waals surface area (Å²) >= 11 is 0. The Kier molecular flexibility index (Phi) is 12.9. The highest BCUT2D eigenvalue weighted by Crippen LogP contribution is 2.48. The van der Waals surface area contributed by atoms with Crippen LogP contribution < -0.4 is 17.0 Å². The monoisotopic (exact) mass is 368 g/mol. The first-order chi connectivity index (χ1) is 9.26. The van der Waals surface area contributed by atoms with Gasteiger partial charge in [-0.3, -0.25) is 0 Å². The van der Waals surface area contributed by atoms with Gasteiger partial charge in [0.2, 0.25) is 0 Å². The summed E-state index contributed by atoms with van der Waals surface area (Å²) < 4.78 is 11.5. The third-order valence-electron chi connectivity index (χ3n) is 4.22. The minimum atomic E-state index is 0. The van der Waals surface area contributed by atoms with E-state index in [-0.39, 0.29) is 31.6 Å². The molecule has 1 atom stereocenters. The van der Waals surface area contributed by atoms with E-state index in [0.29, 0.717) is 5.16 Å². The Morgan fingerprint density at radius 2 is 1.25 bits per heavy atom. The van der Waals surface area contributed by atoms with Crippen LogP contribution in [-0.4, -0.2) is 24.4 Å². The summed E-state index contributed by atoms with van der Waals surface area (Å²) in [5.41, 5.74) is 0. The van der Waals surface area contributed by atoms with Crippen molar-refractivity contribution in [2.45, 2.75) is 89.7 Å². The molecule has 122 valence electrons. The van der Waals surface area contributed by atoms with Gasteiger partial charge in [0, 0.05) is 0 Å². The molecule has 0 saturated carbocycles. The van der Waals surface area contributed by atoms with Crippen molar-refractivity contribution in [3.8, 4) is 0 Å². The maximum atomic E-state index is 5.76. The van der Waals surface area contributed by atoms with E-state index in [9.17, 15) is 0 Å². The molecule has 1 fully saturated rings. The van der Waals surface area contributed by atoms with E-state index in [4.69, 9.17) is 9.47 Å². The van der Waals surface area contributed by atoms with Crippen LogP contribution in [0.4, 0.5) is 0 Å². The first kappa shape index (κ1) is 20.8. The third-order valence-corrected chi connectivity index (χ3v) is 6.45. The molecule has 1 aliphatic rings. The molecule has 0 spiro atoms. The largest absolute Gasteiger partial charge is 1.00 e. The predicted molar refractivity (Wildman–Crippen MR) is 86.7 cm³/mol. The van der Waals surface area contributed by atoms with Gasteiger partial charge < -0.3 is 26.5 Å². The lowest BCUT2D eigenvalue weighted by molar-refractivity contribution is -0.0000121. The van der Waals surface area contributed by atoms with Gasteiger partial charge in [-0.25, -0.2) is 0 Å². The van der Waals surface area contributed by atoms with Crippen LogP contribution in [0.25, 0.3) is 0 Å². The molecular weight excluding hydrogens is 335 g/mol. The van der Waals surface area contributed by atoms with Crippen molar-refractivity contribution in [2.75, 3.05) is 13.2 Å². The van der Waals surface area contributed by atoms with Crippen molar-refractivity contribution in [2.24, 2.45) is 0 Å². The molecule has 1 rings (SSSR count). The van der Waals surface area contributed by atoms with Crippen LogP contribution >= 0.6 is 8.58 Å². The summed E-state index contributed by atoms with van der Waals surface area (Å²) in [5, 5.41) is 0.553. The van der Waals surface area contributed by atoms with Crippen LogP contribution in [0.5, 0.6) is 0 Å². The summed E-state index contributed by atoms with van der Waals surface area (Å²) in [6.45, 7) is 8.54. The summed E-state index contributed by atoms with van der Waals surface area (Å²) in [6, 6.07) is 0.158. The molecule has 1 heterocycles. The minimum Gasteiger partial charge on any atom is -1.00 e. The molecule has 0 aromatic heterocycles. The molecule has 2 nitrogen and oxygen atoms in total. The Hall–Kier alpha value is 0.830. The maximum absolute atomic E-state index is 5.76. The van der Waals surface area contributed by atoms with E-state index in [1.807, 2.05) is 0 Å². The molecule has 1 aliphatic heterocycles. The van der Waals surface area contributed by atoms with Crippen LogP contribution in [0, 0.1) is 0 Å². The first-order valence-corrected chi connectivity index (χ1v) is 9.60. The lowest BCUT2D eigenvalue weighted by Crippen LogP contribution is -3.00. The fraction of sp³-hybridized carbons (Fsp3) is 1.00. The number of hydrogen-bond acceptors (Lipinski definition) is 2. The molecule has 0 aromatic rings. The fourth-order valence-electron chi connectivity index (χ4n) is 2.97. The normalized spacial score (nSPS) is 16.9. The second-order valence-corrected chi connectivity index (χ2v) is 8.05. The Bertz CT molecular complexity index is 199. The molecule has 0 bridgehead atoms. The van der Waals surface area contributed by atoms with Crippen LogP contribution in [-0.2, 0) is 9.47 Å². The van der Waals surface area contributed by atoms with E-state index in [0.717, 1.165) is 13.2 Å². The van der Waals surface area contributed by atoms with Gasteiger partial charge >= 0.3 is 0 Å². The number of rotatable bonds is 11. The van der Waals surface area contributed by atoms with Gasteiger partial charge in [-0.15, -0.1) is 0 Å². The van der Waals surface area contributed by atoms with Crippen LogP contribution in [0.15, 0.2) is 0 Å². The van der Waals surface area contributed by atoms with Crippen molar-refractivity contribution in [3.63, 3.8) is 0 Å². The van der Waals surface area contributed by atoms with Crippen molar-refractivity contribution in [3.05, 3.63) is 0 Å². The van der Waals surface area contributed by atoms with E-state index in [1.54, 1.807) is 0 Å². The third kappa shape index (κ3) is 7.73. The van der Waals surface area contributed by atoms with Gasteiger partial charge in [-0.05, 0) is 38.5 Å². The van der Waals surface area contributed by atoms with Gasteiger partial charge in [0.1, 0.15) is 0 Å². The smallest absolute Gasteiger partial charge is 0.269 e. The maximum Gasteiger partial charge on any atom is 0.269 e. The lowest BCUT2D eigenvalue weighted by atomic mass is 9.90. The molecule has 0 radical (unpaired) electrons. The molecule has 0 aromatic carbocycles. The van der Waals surface area contributed by atoms with Gasteiger partial charge in [-0.2, -0.15) is 0 Å². The van der Waals surface area contributed by atoms with E-state index < -0.39 is 0 Å². The van der Waals surface area contributed by atoms with Crippen molar-refractivity contribution < 1.29 is 26.5 Å². The van der Waals surface area contributed by atoms with Gasteiger partial charge in [0.05, 0.1) is 27.0 Å². The van der Waals surface area contributed by atoms with Gasteiger partial charge in [-0.1, -0.05) is 40.0 Å². The fourth-order valence-corrected chi connectivity index (χ4v) is 5.13. The standard InChI is InChI=1S/C16H33O2P.BrH/c1-4-7-10-16(11-8-5-2,12-9-6-3)19-15-17-13-14-18-15;/h15,19H,4-14H2,1-3H3;1H. The van der Waals surface area contributed by atoms with Gasteiger partial charge in [0.25, 0.3) is 6.03 Å². The van der Waals surface area contributed by atoms with Crippen LogP contribution in [0.3, 0.4) is 0 Å². The average molecular weight is 369 g/mol. The summed E-state index contributed by atoms with van der Waals surface area (Å²) in [5.74, 6) is 0. The minimum absolute atomic E-state index is 0. The highest BCUT2D eigenvalue weighted by molar-refractivity contribution is 7.40. The predicted octanol–water partition coefficient (Wildman–Crippen LogP) is 2.04. The highest BCUT2D eigenvalue weighted by atomic mass is 79.9. The molecule has 0 amide bonds. The Labute approximate surface area is 138 Å². The topological polar surface area (TPSA) is 18.5 Å². The SMILES string of the molecule is CCCCC(CCCC)(CCCC)[PH2+]C1OCCO1.[Br-]. The summed E-state index contributed by atoms with van der Waals surface area (Å²) in [7, 11) is 0.261.